The molecule has 0 saturated heterocycles. The second kappa shape index (κ2) is 8.61. The molecule has 0 amide bonds. The molecule has 0 spiro atoms. The SMILES string of the molecule is c1cncc(-c2ccc3c(c2)c2c4ccccc4ccc2n3-c2ccc(-c3ccc4ccccc4n3)cn2)c1. The van der Waals surface area contributed by atoms with Gasteiger partial charge in [-0.05, 0) is 64.9 Å². The number of aromatic nitrogens is 4. The van der Waals surface area contributed by atoms with Crippen molar-refractivity contribution in [3.63, 3.8) is 0 Å². The smallest absolute Gasteiger partial charge is 0.137 e. The lowest BCUT2D eigenvalue weighted by Gasteiger charge is -2.09. The highest BCUT2D eigenvalue weighted by Crippen LogP contribution is 2.38. The van der Waals surface area contributed by atoms with Gasteiger partial charge in [0.25, 0.3) is 0 Å². The molecule has 0 aliphatic heterocycles. The van der Waals surface area contributed by atoms with E-state index >= 15 is 0 Å². The van der Waals surface area contributed by atoms with Crippen LogP contribution in [0.1, 0.15) is 0 Å². The van der Waals surface area contributed by atoms with Gasteiger partial charge in [0, 0.05) is 45.9 Å². The second-order valence-electron chi connectivity index (χ2n) is 9.78. The van der Waals surface area contributed by atoms with E-state index in [1.54, 1.807) is 0 Å². The molecule has 0 N–H and O–H groups in total. The van der Waals surface area contributed by atoms with Gasteiger partial charge < -0.3 is 0 Å². The van der Waals surface area contributed by atoms with E-state index in [1.165, 1.54) is 21.5 Å². The van der Waals surface area contributed by atoms with Crippen molar-refractivity contribution in [3.8, 4) is 28.2 Å². The minimum atomic E-state index is 0.879. The number of hydrogen-bond donors (Lipinski definition) is 0. The summed E-state index contributed by atoms with van der Waals surface area (Å²) in [6.07, 6.45) is 5.65. The van der Waals surface area contributed by atoms with E-state index in [-0.39, 0.29) is 0 Å². The number of pyridine rings is 3. The number of hydrogen-bond acceptors (Lipinski definition) is 3. The Kier molecular flexibility index (Phi) is 4.79. The second-order valence-corrected chi connectivity index (χ2v) is 9.78. The van der Waals surface area contributed by atoms with Crippen LogP contribution in [0.4, 0.5) is 0 Å². The molecule has 4 aromatic carbocycles. The fraction of sp³-hybridized carbons (Fsp3) is 0. The Hall–Kier alpha value is -5.35. The van der Waals surface area contributed by atoms with Gasteiger partial charge in [0.1, 0.15) is 5.82 Å². The average Bonchev–Trinajstić information content (AvgIpc) is 3.35. The van der Waals surface area contributed by atoms with E-state index in [0.29, 0.717) is 0 Å². The number of para-hydroxylation sites is 1. The van der Waals surface area contributed by atoms with Gasteiger partial charge in [-0.25, -0.2) is 9.97 Å². The molecule has 8 rings (SSSR count). The van der Waals surface area contributed by atoms with Crippen LogP contribution in [0, 0.1) is 0 Å². The number of nitrogens with zero attached hydrogens (tertiary/aromatic N) is 4. The van der Waals surface area contributed by atoms with Gasteiger partial charge in [0.2, 0.25) is 0 Å². The Bertz CT molecular complexity index is 2160. The van der Waals surface area contributed by atoms with Crippen LogP contribution in [0.25, 0.3) is 71.7 Å². The summed E-state index contributed by atoms with van der Waals surface area (Å²) in [5, 5.41) is 6.02. The quantitative estimate of drug-likeness (QED) is 0.245. The fourth-order valence-corrected chi connectivity index (χ4v) is 5.65. The molecule has 0 fully saturated rings. The highest BCUT2D eigenvalue weighted by Gasteiger charge is 2.16. The molecule has 0 radical (unpaired) electrons. The van der Waals surface area contributed by atoms with E-state index < -0.39 is 0 Å². The fourth-order valence-electron chi connectivity index (χ4n) is 5.65. The molecule has 0 atom stereocenters. The lowest BCUT2D eigenvalue weighted by atomic mass is 10.0. The molecule has 4 heterocycles. The molecule has 0 aliphatic carbocycles. The van der Waals surface area contributed by atoms with E-state index in [1.807, 2.05) is 42.9 Å². The Morgan fingerprint density at radius 2 is 1.36 bits per heavy atom. The van der Waals surface area contributed by atoms with E-state index in [4.69, 9.17) is 9.97 Å². The molecule has 0 saturated carbocycles. The third-order valence-electron chi connectivity index (χ3n) is 7.52. The summed E-state index contributed by atoms with van der Waals surface area (Å²) in [4.78, 5) is 14.1. The van der Waals surface area contributed by atoms with Crippen molar-refractivity contribution < 1.29 is 0 Å². The Morgan fingerprint density at radius 3 is 2.23 bits per heavy atom. The standard InChI is InChI=1S/C35H22N4/c1-3-9-28-23(6-1)12-17-33-35(28)29-20-25(26-8-5-19-36-21-26)13-16-32(29)39(33)34-18-14-27(22-37-34)31-15-11-24-7-2-4-10-30(24)38-31/h1-22H. The lowest BCUT2D eigenvalue weighted by molar-refractivity contribution is 1.08. The Balaban J connectivity index is 1.34. The average molecular weight is 499 g/mol. The molecule has 0 unspecified atom stereocenters. The highest BCUT2D eigenvalue weighted by atomic mass is 15.1. The number of rotatable bonds is 3. The first kappa shape index (κ1) is 21.7. The van der Waals surface area contributed by atoms with Crippen molar-refractivity contribution in [2.75, 3.05) is 0 Å². The minimum Gasteiger partial charge on any atom is -0.294 e. The van der Waals surface area contributed by atoms with Crippen molar-refractivity contribution in [2.24, 2.45) is 0 Å². The van der Waals surface area contributed by atoms with Crippen LogP contribution in [0.2, 0.25) is 0 Å². The summed E-state index contributed by atoms with van der Waals surface area (Å²) >= 11 is 0. The van der Waals surface area contributed by atoms with Crippen LogP contribution >= 0.6 is 0 Å². The van der Waals surface area contributed by atoms with Gasteiger partial charge in [0.05, 0.1) is 22.2 Å². The summed E-state index contributed by atoms with van der Waals surface area (Å²) in [5.41, 5.74) is 7.41. The normalized spacial score (nSPS) is 11.6. The minimum absolute atomic E-state index is 0.879. The van der Waals surface area contributed by atoms with Gasteiger partial charge in [-0.3, -0.25) is 9.55 Å². The number of fused-ring (bicyclic) bond motifs is 6. The van der Waals surface area contributed by atoms with Crippen molar-refractivity contribution >= 4 is 43.5 Å². The zero-order valence-electron chi connectivity index (χ0n) is 21.0. The molecule has 0 bridgehead atoms. The van der Waals surface area contributed by atoms with Gasteiger partial charge >= 0.3 is 0 Å². The van der Waals surface area contributed by atoms with Crippen molar-refractivity contribution in [1.29, 1.82) is 0 Å². The van der Waals surface area contributed by atoms with Crippen LogP contribution < -0.4 is 0 Å². The monoisotopic (exact) mass is 498 g/mol. The number of benzene rings is 4. The Labute approximate surface area is 224 Å². The summed E-state index contributed by atoms with van der Waals surface area (Å²) < 4.78 is 2.27. The molecule has 4 heteroatoms. The van der Waals surface area contributed by atoms with Crippen LogP contribution in [0.5, 0.6) is 0 Å². The van der Waals surface area contributed by atoms with Crippen molar-refractivity contribution in [3.05, 3.63) is 134 Å². The van der Waals surface area contributed by atoms with Crippen LogP contribution in [0.15, 0.2) is 134 Å². The summed E-state index contributed by atoms with van der Waals surface area (Å²) in [6, 6.07) is 40.3. The zero-order chi connectivity index (χ0) is 25.8. The van der Waals surface area contributed by atoms with Crippen LogP contribution in [0.3, 0.4) is 0 Å². The Morgan fingerprint density at radius 1 is 0.538 bits per heavy atom. The highest BCUT2D eigenvalue weighted by molar-refractivity contribution is 6.21. The predicted octanol–water partition coefficient (Wildman–Crippen LogP) is 8.61. The summed E-state index contributed by atoms with van der Waals surface area (Å²) in [5.74, 6) is 0.879. The molecular weight excluding hydrogens is 476 g/mol. The molecular formula is C35H22N4. The van der Waals surface area contributed by atoms with E-state index in [0.717, 1.165) is 50.1 Å². The van der Waals surface area contributed by atoms with Crippen molar-refractivity contribution in [2.45, 2.75) is 0 Å². The maximum atomic E-state index is 4.95. The van der Waals surface area contributed by atoms with E-state index in [9.17, 15) is 0 Å². The largest absolute Gasteiger partial charge is 0.294 e. The molecule has 182 valence electrons. The first-order chi connectivity index (χ1) is 19.3. The molecule has 4 aromatic heterocycles. The molecule has 0 aliphatic rings. The molecule has 4 nitrogen and oxygen atoms in total. The first-order valence-electron chi connectivity index (χ1n) is 13.0. The summed E-state index contributed by atoms with van der Waals surface area (Å²) in [6.45, 7) is 0. The zero-order valence-corrected chi connectivity index (χ0v) is 21.0. The van der Waals surface area contributed by atoms with E-state index in [2.05, 4.69) is 101 Å². The first-order valence-corrected chi connectivity index (χ1v) is 13.0. The van der Waals surface area contributed by atoms with Crippen molar-refractivity contribution in [1.82, 2.24) is 19.5 Å². The van der Waals surface area contributed by atoms with Gasteiger partial charge in [-0.15, -0.1) is 0 Å². The van der Waals surface area contributed by atoms with Crippen LogP contribution in [-0.4, -0.2) is 19.5 Å². The summed E-state index contributed by atoms with van der Waals surface area (Å²) in [7, 11) is 0. The third-order valence-corrected chi connectivity index (χ3v) is 7.52. The topological polar surface area (TPSA) is 43.6 Å². The molecule has 8 aromatic rings. The maximum Gasteiger partial charge on any atom is 0.137 e. The third kappa shape index (κ3) is 3.50. The predicted molar refractivity (Wildman–Crippen MR) is 160 cm³/mol. The van der Waals surface area contributed by atoms with Crippen LogP contribution in [-0.2, 0) is 0 Å². The van der Waals surface area contributed by atoms with Gasteiger partial charge in [-0.1, -0.05) is 66.7 Å². The maximum absolute atomic E-state index is 4.95. The molecule has 39 heavy (non-hydrogen) atoms. The van der Waals surface area contributed by atoms with Gasteiger partial charge in [-0.2, -0.15) is 0 Å². The van der Waals surface area contributed by atoms with Gasteiger partial charge in [0.15, 0.2) is 0 Å². The lowest BCUT2D eigenvalue weighted by Crippen LogP contribution is -1.97.